The number of aromatic nitrogens is 3. The first-order valence-corrected chi connectivity index (χ1v) is 7.04. The molecule has 1 heterocycles. The lowest BCUT2D eigenvalue weighted by Crippen LogP contribution is -2.35. The second-order valence-electron chi connectivity index (χ2n) is 5.95. The number of H-pyrrole nitrogens is 1. The molecule has 0 radical (unpaired) electrons. The quantitative estimate of drug-likeness (QED) is 0.860. The first kappa shape index (κ1) is 10.5. The van der Waals surface area contributed by atoms with Crippen LogP contribution in [0.5, 0.6) is 0 Å². The highest BCUT2D eigenvalue weighted by atomic mass is 16.2. The van der Waals surface area contributed by atoms with E-state index in [2.05, 4.69) is 15.2 Å². The van der Waals surface area contributed by atoms with E-state index in [1.165, 1.54) is 25.7 Å². The van der Waals surface area contributed by atoms with Crippen LogP contribution in [0, 0.1) is 5.92 Å². The van der Waals surface area contributed by atoms with Crippen molar-refractivity contribution >= 4 is 5.91 Å². The van der Waals surface area contributed by atoms with Crippen LogP contribution in [0.3, 0.4) is 0 Å². The summed E-state index contributed by atoms with van der Waals surface area (Å²) in [4.78, 5) is 18.8. The zero-order chi connectivity index (χ0) is 12.1. The van der Waals surface area contributed by atoms with Crippen LogP contribution in [0.2, 0.25) is 0 Å². The topological polar surface area (TPSA) is 61.9 Å². The number of rotatable bonds is 5. The number of aromatic amines is 1. The van der Waals surface area contributed by atoms with E-state index in [1.807, 2.05) is 4.90 Å². The Hall–Kier alpha value is -1.39. The third kappa shape index (κ3) is 2.02. The predicted octanol–water partition coefficient (Wildman–Crippen LogP) is 1.70. The van der Waals surface area contributed by atoms with Gasteiger partial charge in [-0.2, -0.15) is 0 Å². The third-order valence-corrected chi connectivity index (χ3v) is 4.06. The zero-order valence-electron chi connectivity index (χ0n) is 10.4. The summed E-state index contributed by atoms with van der Waals surface area (Å²) in [5.74, 6) is 2.57. The summed E-state index contributed by atoms with van der Waals surface area (Å²) in [5.41, 5.74) is 0. The number of hydrogen-bond acceptors (Lipinski definition) is 3. The van der Waals surface area contributed by atoms with Gasteiger partial charge in [0.1, 0.15) is 5.82 Å². The van der Waals surface area contributed by atoms with Gasteiger partial charge in [0.25, 0.3) is 5.91 Å². The van der Waals surface area contributed by atoms with Crippen molar-refractivity contribution in [2.24, 2.45) is 5.92 Å². The molecular weight excluding hydrogens is 228 g/mol. The summed E-state index contributed by atoms with van der Waals surface area (Å²) >= 11 is 0. The van der Waals surface area contributed by atoms with Crippen LogP contribution >= 0.6 is 0 Å². The van der Waals surface area contributed by atoms with Crippen LogP contribution in [0.15, 0.2) is 0 Å². The number of nitrogens with one attached hydrogen (secondary N) is 1. The molecule has 0 aromatic carbocycles. The standard InChI is InChI=1S/C13H18N4O/c18-13(12-14-11(15-16-12)9-3-4-9)17(10-5-6-10)7-8-1-2-8/h8-10H,1-7H2,(H,14,15,16). The average Bonchev–Trinajstić information content (AvgIpc) is 3.21. The van der Waals surface area contributed by atoms with E-state index < -0.39 is 0 Å². The number of carbonyl (C=O) groups is 1. The molecule has 0 atom stereocenters. The molecule has 5 nitrogen and oxygen atoms in total. The van der Waals surface area contributed by atoms with Crippen molar-refractivity contribution in [3.05, 3.63) is 11.6 Å². The number of amides is 1. The summed E-state index contributed by atoms with van der Waals surface area (Å²) in [6, 6.07) is 0.459. The second kappa shape index (κ2) is 3.80. The minimum Gasteiger partial charge on any atom is -0.333 e. The normalized spacial score (nSPS) is 23.1. The minimum atomic E-state index is 0.0348. The van der Waals surface area contributed by atoms with Crippen LogP contribution in [0.4, 0.5) is 0 Å². The van der Waals surface area contributed by atoms with E-state index in [1.54, 1.807) is 0 Å². The lowest BCUT2D eigenvalue weighted by Gasteiger charge is -2.20. The molecule has 4 rings (SSSR count). The smallest absolute Gasteiger partial charge is 0.293 e. The maximum absolute atomic E-state index is 12.4. The Bertz CT molecular complexity index is 471. The summed E-state index contributed by atoms with van der Waals surface area (Å²) in [7, 11) is 0. The summed E-state index contributed by atoms with van der Waals surface area (Å²) in [5, 5.41) is 7.03. The molecule has 3 aliphatic rings. The number of hydrogen-bond donors (Lipinski definition) is 1. The Kier molecular flexibility index (Phi) is 2.22. The molecule has 5 heteroatoms. The summed E-state index contributed by atoms with van der Waals surface area (Å²) < 4.78 is 0. The molecule has 0 saturated heterocycles. The molecule has 18 heavy (non-hydrogen) atoms. The molecule has 3 saturated carbocycles. The second-order valence-corrected chi connectivity index (χ2v) is 5.95. The van der Waals surface area contributed by atoms with E-state index in [0.717, 1.165) is 31.1 Å². The molecule has 3 fully saturated rings. The summed E-state index contributed by atoms with van der Waals surface area (Å²) in [6.45, 7) is 0.913. The monoisotopic (exact) mass is 246 g/mol. The average molecular weight is 246 g/mol. The fourth-order valence-corrected chi connectivity index (χ4v) is 2.40. The largest absolute Gasteiger partial charge is 0.333 e. The Morgan fingerprint density at radius 2 is 2.00 bits per heavy atom. The van der Waals surface area contributed by atoms with Gasteiger partial charge in [-0.1, -0.05) is 0 Å². The Labute approximate surface area is 106 Å². The van der Waals surface area contributed by atoms with E-state index in [4.69, 9.17) is 0 Å². The van der Waals surface area contributed by atoms with Gasteiger partial charge >= 0.3 is 0 Å². The van der Waals surface area contributed by atoms with Crippen LogP contribution in [-0.4, -0.2) is 38.6 Å². The van der Waals surface area contributed by atoms with Crippen LogP contribution < -0.4 is 0 Å². The van der Waals surface area contributed by atoms with E-state index >= 15 is 0 Å². The lowest BCUT2D eigenvalue weighted by molar-refractivity contribution is 0.0722. The lowest BCUT2D eigenvalue weighted by atomic mass is 10.3. The maximum Gasteiger partial charge on any atom is 0.293 e. The van der Waals surface area contributed by atoms with Gasteiger partial charge in [0.05, 0.1) is 0 Å². The first-order valence-electron chi connectivity index (χ1n) is 7.04. The highest BCUT2D eigenvalue weighted by molar-refractivity contribution is 5.90. The van der Waals surface area contributed by atoms with Gasteiger partial charge in [-0.3, -0.25) is 9.89 Å². The van der Waals surface area contributed by atoms with Crippen molar-refractivity contribution in [3.63, 3.8) is 0 Å². The minimum absolute atomic E-state index is 0.0348. The number of carbonyl (C=O) groups excluding carboxylic acids is 1. The van der Waals surface area contributed by atoms with Crippen molar-refractivity contribution in [1.29, 1.82) is 0 Å². The third-order valence-electron chi connectivity index (χ3n) is 4.06. The SMILES string of the molecule is O=C(c1n[nH]c(C2CC2)n1)N(CC1CC1)C1CC1. The molecule has 1 aromatic rings. The van der Waals surface area contributed by atoms with Crippen molar-refractivity contribution in [1.82, 2.24) is 20.1 Å². The maximum atomic E-state index is 12.4. The van der Waals surface area contributed by atoms with Crippen molar-refractivity contribution in [2.75, 3.05) is 6.54 Å². The molecule has 0 unspecified atom stereocenters. The molecule has 96 valence electrons. The Morgan fingerprint density at radius 3 is 2.61 bits per heavy atom. The van der Waals surface area contributed by atoms with Crippen LogP contribution in [0.1, 0.15) is 60.9 Å². The van der Waals surface area contributed by atoms with E-state index in [-0.39, 0.29) is 5.91 Å². The molecular formula is C13H18N4O. The molecule has 1 amide bonds. The fourth-order valence-electron chi connectivity index (χ4n) is 2.40. The molecule has 0 spiro atoms. The molecule has 1 aromatic heterocycles. The van der Waals surface area contributed by atoms with Crippen molar-refractivity contribution in [3.8, 4) is 0 Å². The van der Waals surface area contributed by atoms with Crippen LogP contribution in [0.25, 0.3) is 0 Å². The molecule has 3 aliphatic carbocycles. The van der Waals surface area contributed by atoms with Gasteiger partial charge in [0.2, 0.25) is 5.82 Å². The van der Waals surface area contributed by atoms with E-state index in [9.17, 15) is 4.79 Å². The van der Waals surface area contributed by atoms with Crippen molar-refractivity contribution < 1.29 is 4.79 Å². The van der Waals surface area contributed by atoms with Gasteiger partial charge in [-0.15, -0.1) is 5.10 Å². The van der Waals surface area contributed by atoms with E-state index in [0.29, 0.717) is 17.8 Å². The van der Waals surface area contributed by atoms with Gasteiger partial charge in [0.15, 0.2) is 0 Å². The Morgan fingerprint density at radius 1 is 1.22 bits per heavy atom. The first-order chi connectivity index (χ1) is 8.81. The van der Waals surface area contributed by atoms with Crippen molar-refractivity contribution in [2.45, 2.75) is 50.5 Å². The molecule has 0 aliphatic heterocycles. The summed E-state index contributed by atoms with van der Waals surface area (Å²) in [6.07, 6.45) is 7.21. The van der Waals surface area contributed by atoms with Gasteiger partial charge in [-0.05, 0) is 44.4 Å². The Balaban J connectivity index is 1.50. The van der Waals surface area contributed by atoms with Gasteiger partial charge in [0, 0.05) is 18.5 Å². The molecule has 0 bridgehead atoms. The predicted molar refractivity (Wildman–Crippen MR) is 65.1 cm³/mol. The number of nitrogens with zero attached hydrogens (tertiary/aromatic N) is 3. The fraction of sp³-hybridized carbons (Fsp3) is 0.769. The van der Waals surface area contributed by atoms with Gasteiger partial charge < -0.3 is 4.90 Å². The molecule has 1 N–H and O–H groups in total. The van der Waals surface area contributed by atoms with Crippen LogP contribution in [-0.2, 0) is 0 Å². The van der Waals surface area contributed by atoms with Gasteiger partial charge in [-0.25, -0.2) is 4.98 Å². The highest BCUT2D eigenvalue weighted by Gasteiger charge is 2.38. The zero-order valence-corrected chi connectivity index (χ0v) is 10.4. The highest BCUT2D eigenvalue weighted by Crippen LogP contribution is 2.38.